The molecule has 0 atom stereocenters. The maximum absolute atomic E-state index is 12.7. The summed E-state index contributed by atoms with van der Waals surface area (Å²) < 4.78 is 21.1. The maximum atomic E-state index is 12.7. The van der Waals surface area contributed by atoms with Crippen molar-refractivity contribution in [1.82, 2.24) is 0 Å². The average Bonchev–Trinajstić information content (AvgIpc) is 2.71. The molecule has 0 spiro atoms. The normalized spacial score (nSPS) is 10.6. The highest BCUT2D eigenvalue weighted by molar-refractivity contribution is 6.32. The lowest BCUT2D eigenvalue weighted by molar-refractivity contribution is -0.145. The van der Waals surface area contributed by atoms with Gasteiger partial charge in [0.25, 0.3) is 0 Å². The van der Waals surface area contributed by atoms with Crippen LogP contribution in [0.25, 0.3) is 6.08 Å². The molecule has 7 heteroatoms. The minimum absolute atomic E-state index is 0.264. The molecule has 29 heavy (non-hydrogen) atoms. The number of esters is 1. The van der Waals surface area contributed by atoms with Crippen LogP contribution in [0.1, 0.15) is 29.8 Å². The van der Waals surface area contributed by atoms with E-state index in [-0.39, 0.29) is 19.0 Å². The number of carbonyl (C=O) groups excluding carboxylic acids is 2. The van der Waals surface area contributed by atoms with Gasteiger partial charge in [-0.1, -0.05) is 29.8 Å². The van der Waals surface area contributed by atoms with Gasteiger partial charge >= 0.3 is 5.97 Å². The number of hydrogen-bond acceptors (Lipinski definition) is 6. The van der Waals surface area contributed by atoms with Crippen LogP contribution in [0, 0.1) is 0 Å². The molecule has 0 aliphatic heterocycles. The van der Waals surface area contributed by atoms with Crippen molar-refractivity contribution in [2.24, 2.45) is 0 Å². The van der Waals surface area contributed by atoms with Crippen LogP contribution < -0.4 is 14.2 Å². The monoisotopic (exact) mass is 418 g/mol. The molecule has 0 aliphatic rings. The number of benzene rings is 2. The first-order valence-corrected chi connectivity index (χ1v) is 9.48. The predicted molar refractivity (Wildman–Crippen MR) is 111 cm³/mol. The zero-order valence-corrected chi connectivity index (χ0v) is 17.3. The lowest BCUT2D eigenvalue weighted by Gasteiger charge is -2.12. The van der Waals surface area contributed by atoms with Crippen LogP contribution in [0.2, 0.25) is 5.02 Å². The summed E-state index contributed by atoms with van der Waals surface area (Å²) in [5.74, 6) is 0.455. The minimum atomic E-state index is -0.498. The molecular weight excluding hydrogens is 396 g/mol. The Balaban J connectivity index is 2.20. The Morgan fingerprint density at radius 3 is 2.48 bits per heavy atom. The molecule has 154 valence electrons. The number of methoxy groups -OCH3 is 1. The number of ether oxygens (including phenoxy) is 4. The van der Waals surface area contributed by atoms with Gasteiger partial charge in [0.2, 0.25) is 0 Å². The maximum Gasteiger partial charge on any atom is 0.344 e. The van der Waals surface area contributed by atoms with Gasteiger partial charge in [-0.2, -0.15) is 0 Å². The molecule has 2 rings (SSSR count). The Hall–Kier alpha value is -2.99. The minimum Gasteiger partial charge on any atom is -0.491 e. The van der Waals surface area contributed by atoms with Crippen LogP contribution in [0.3, 0.4) is 0 Å². The number of hydrogen-bond donors (Lipinski definition) is 0. The molecule has 2 aromatic carbocycles. The second-order valence-corrected chi connectivity index (χ2v) is 6.16. The predicted octanol–water partition coefficient (Wildman–Crippen LogP) is 4.59. The SMILES string of the molecule is CCOC(=O)COc1ccccc1C(=O)C=Cc1cc(Cl)c(OC)c(OCC)c1. The van der Waals surface area contributed by atoms with E-state index in [9.17, 15) is 9.59 Å². The Kier molecular flexibility index (Phi) is 8.55. The zero-order valence-electron chi connectivity index (χ0n) is 16.6. The topological polar surface area (TPSA) is 71.1 Å². The number of para-hydroxylation sites is 1. The van der Waals surface area contributed by atoms with Crippen molar-refractivity contribution in [2.75, 3.05) is 26.9 Å². The molecule has 0 radical (unpaired) electrons. The number of halogens is 1. The van der Waals surface area contributed by atoms with E-state index in [0.29, 0.717) is 40.0 Å². The Labute approximate surface area is 175 Å². The molecule has 0 amide bonds. The van der Waals surface area contributed by atoms with E-state index >= 15 is 0 Å². The largest absolute Gasteiger partial charge is 0.491 e. The third kappa shape index (κ3) is 6.26. The highest BCUT2D eigenvalue weighted by Crippen LogP contribution is 2.36. The van der Waals surface area contributed by atoms with Gasteiger partial charge in [0.1, 0.15) is 5.75 Å². The molecule has 0 saturated heterocycles. The second kappa shape index (κ2) is 11.1. The van der Waals surface area contributed by atoms with Crippen LogP contribution in [-0.2, 0) is 9.53 Å². The van der Waals surface area contributed by atoms with Crippen LogP contribution in [0.4, 0.5) is 0 Å². The van der Waals surface area contributed by atoms with Gasteiger partial charge in [-0.25, -0.2) is 4.79 Å². The molecule has 0 heterocycles. The summed E-state index contributed by atoms with van der Waals surface area (Å²) in [6, 6.07) is 10.1. The van der Waals surface area contributed by atoms with Crippen LogP contribution in [0.15, 0.2) is 42.5 Å². The fraction of sp³-hybridized carbons (Fsp3) is 0.273. The molecule has 0 bridgehead atoms. The van der Waals surface area contributed by atoms with Crippen LogP contribution >= 0.6 is 11.6 Å². The van der Waals surface area contributed by atoms with Gasteiger partial charge in [0.05, 0.1) is 30.9 Å². The summed E-state index contributed by atoms with van der Waals surface area (Å²) in [5, 5.41) is 0.378. The van der Waals surface area contributed by atoms with E-state index in [1.165, 1.54) is 13.2 Å². The molecule has 0 aliphatic carbocycles. The van der Waals surface area contributed by atoms with Crippen molar-refractivity contribution >= 4 is 29.4 Å². The van der Waals surface area contributed by atoms with E-state index < -0.39 is 5.97 Å². The molecule has 0 aromatic heterocycles. The van der Waals surface area contributed by atoms with Gasteiger partial charge in [-0.05, 0) is 49.8 Å². The highest BCUT2D eigenvalue weighted by Gasteiger charge is 2.13. The smallest absolute Gasteiger partial charge is 0.344 e. The Bertz CT molecular complexity index is 891. The van der Waals surface area contributed by atoms with Crippen molar-refractivity contribution in [3.63, 3.8) is 0 Å². The van der Waals surface area contributed by atoms with E-state index in [1.54, 1.807) is 49.4 Å². The van der Waals surface area contributed by atoms with E-state index in [4.69, 9.17) is 30.5 Å². The highest BCUT2D eigenvalue weighted by atomic mass is 35.5. The van der Waals surface area contributed by atoms with Gasteiger partial charge in [0.15, 0.2) is 23.9 Å². The standard InChI is InChI=1S/C22H23ClO6/c1-4-27-20-13-15(12-17(23)22(20)26-3)10-11-18(24)16-8-6-7-9-19(16)29-14-21(25)28-5-2/h6-13H,4-5,14H2,1-3H3. The van der Waals surface area contributed by atoms with Gasteiger partial charge in [-0.3, -0.25) is 4.79 Å². The van der Waals surface area contributed by atoms with Crippen molar-refractivity contribution in [3.8, 4) is 17.2 Å². The first-order valence-electron chi connectivity index (χ1n) is 9.10. The van der Waals surface area contributed by atoms with E-state index in [0.717, 1.165) is 0 Å². The van der Waals surface area contributed by atoms with Crippen molar-refractivity contribution in [2.45, 2.75) is 13.8 Å². The first-order chi connectivity index (χ1) is 14.0. The zero-order chi connectivity index (χ0) is 21.2. The molecule has 0 saturated carbocycles. The summed E-state index contributed by atoms with van der Waals surface area (Å²) in [6.07, 6.45) is 3.03. The number of ketones is 1. The fourth-order valence-electron chi connectivity index (χ4n) is 2.54. The van der Waals surface area contributed by atoms with Crippen molar-refractivity contribution in [1.29, 1.82) is 0 Å². The molecule has 0 N–H and O–H groups in total. The Morgan fingerprint density at radius 2 is 1.79 bits per heavy atom. The van der Waals surface area contributed by atoms with Crippen molar-refractivity contribution < 1.29 is 28.5 Å². The summed E-state index contributed by atoms with van der Waals surface area (Å²) in [5.41, 5.74) is 1.01. The number of allylic oxidation sites excluding steroid dienone is 1. The van der Waals surface area contributed by atoms with Gasteiger partial charge < -0.3 is 18.9 Å². The Morgan fingerprint density at radius 1 is 1.03 bits per heavy atom. The summed E-state index contributed by atoms with van der Waals surface area (Å²) in [7, 11) is 1.51. The van der Waals surface area contributed by atoms with E-state index in [2.05, 4.69) is 0 Å². The van der Waals surface area contributed by atoms with Crippen LogP contribution in [0.5, 0.6) is 17.2 Å². The second-order valence-electron chi connectivity index (χ2n) is 5.75. The summed E-state index contributed by atoms with van der Waals surface area (Å²) >= 11 is 6.24. The number of carbonyl (C=O) groups is 2. The van der Waals surface area contributed by atoms with E-state index in [1.807, 2.05) is 6.92 Å². The summed E-state index contributed by atoms with van der Waals surface area (Å²) in [6.45, 7) is 4.01. The molecule has 0 fully saturated rings. The van der Waals surface area contributed by atoms with Crippen molar-refractivity contribution in [3.05, 3.63) is 58.6 Å². The molecule has 6 nitrogen and oxygen atoms in total. The first kappa shape index (κ1) is 22.3. The third-order valence-corrected chi connectivity index (χ3v) is 4.05. The van der Waals surface area contributed by atoms with Gasteiger partial charge in [-0.15, -0.1) is 0 Å². The summed E-state index contributed by atoms with van der Waals surface area (Å²) in [4.78, 5) is 24.2. The molecule has 2 aromatic rings. The lowest BCUT2D eigenvalue weighted by atomic mass is 10.1. The third-order valence-electron chi connectivity index (χ3n) is 3.77. The quantitative estimate of drug-likeness (QED) is 0.319. The van der Waals surface area contributed by atoms with Crippen LogP contribution in [-0.4, -0.2) is 38.7 Å². The average molecular weight is 419 g/mol. The number of rotatable bonds is 10. The molecule has 0 unspecified atom stereocenters. The molecular formula is C22H23ClO6. The lowest BCUT2D eigenvalue weighted by Crippen LogP contribution is -2.15. The fourth-order valence-corrected chi connectivity index (χ4v) is 2.84. The van der Waals surface area contributed by atoms with Gasteiger partial charge in [0, 0.05) is 0 Å².